The number of rotatable bonds is 8. The van der Waals surface area contributed by atoms with Crippen molar-refractivity contribution in [2.24, 2.45) is 0 Å². The van der Waals surface area contributed by atoms with E-state index in [-0.39, 0.29) is 17.7 Å². The summed E-state index contributed by atoms with van der Waals surface area (Å²) in [7, 11) is 1.53. The molecule has 24 heavy (non-hydrogen) atoms. The van der Waals surface area contributed by atoms with Gasteiger partial charge in [0.2, 0.25) is 0 Å². The Labute approximate surface area is 145 Å². The molecule has 0 aromatic heterocycles. The van der Waals surface area contributed by atoms with Crippen LogP contribution in [-0.2, 0) is 9.53 Å². The third kappa shape index (κ3) is 4.30. The van der Waals surface area contributed by atoms with Gasteiger partial charge in [-0.3, -0.25) is 14.5 Å². The van der Waals surface area contributed by atoms with Gasteiger partial charge in [-0.05, 0) is 49.4 Å². The van der Waals surface area contributed by atoms with Gasteiger partial charge in [0, 0.05) is 7.11 Å². The molecule has 0 atom stereocenters. The van der Waals surface area contributed by atoms with E-state index in [9.17, 15) is 9.59 Å². The van der Waals surface area contributed by atoms with E-state index in [1.165, 1.54) is 12.0 Å². The molecule has 1 aromatic carbocycles. The number of hydrogen-bond donors (Lipinski definition) is 0. The molecular formula is C17H21NO5S. The van der Waals surface area contributed by atoms with Crippen LogP contribution < -0.4 is 9.47 Å². The van der Waals surface area contributed by atoms with Crippen molar-refractivity contribution < 1.29 is 23.8 Å². The minimum Gasteiger partial charge on any atom is -0.490 e. The second-order valence-corrected chi connectivity index (χ2v) is 5.89. The van der Waals surface area contributed by atoms with Gasteiger partial charge in [-0.1, -0.05) is 6.07 Å². The van der Waals surface area contributed by atoms with E-state index in [0.717, 1.165) is 17.3 Å². The zero-order valence-electron chi connectivity index (χ0n) is 14.0. The minimum atomic E-state index is -0.297. The summed E-state index contributed by atoms with van der Waals surface area (Å²) in [6, 6.07) is 5.43. The van der Waals surface area contributed by atoms with Crippen molar-refractivity contribution in [3.63, 3.8) is 0 Å². The summed E-state index contributed by atoms with van der Waals surface area (Å²) < 4.78 is 16.0. The van der Waals surface area contributed by atoms with E-state index in [2.05, 4.69) is 0 Å². The third-order valence-electron chi connectivity index (χ3n) is 3.26. The molecule has 1 aliphatic heterocycles. The smallest absolute Gasteiger partial charge is 0.293 e. The topological polar surface area (TPSA) is 65.1 Å². The van der Waals surface area contributed by atoms with Crippen molar-refractivity contribution in [1.29, 1.82) is 0 Å². The van der Waals surface area contributed by atoms with Crippen LogP contribution in [0, 0.1) is 0 Å². The summed E-state index contributed by atoms with van der Waals surface area (Å²) >= 11 is 0.932. The van der Waals surface area contributed by atoms with Gasteiger partial charge < -0.3 is 14.2 Å². The maximum atomic E-state index is 12.3. The quantitative estimate of drug-likeness (QED) is 0.670. The van der Waals surface area contributed by atoms with E-state index in [4.69, 9.17) is 14.2 Å². The lowest BCUT2D eigenvalue weighted by Crippen LogP contribution is -2.31. The molecular weight excluding hydrogens is 330 g/mol. The number of carbonyl (C=O) groups is 2. The molecule has 0 saturated carbocycles. The normalized spacial score (nSPS) is 16.1. The fraction of sp³-hybridized carbons (Fsp3) is 0.412. The highest BCUT2D eigenvalue weighted by molar-refractivity contribution is 8.18. The van der Waals surface area contributed by atoms with Gasteiger partial charge in [-0.2, -0.15) is 0 Å². The predicted molar refractivity (Wildman–Crippen MR) is 93.3 cm³/mol. The van der Waals surface area contributed by atoms with Gasteiger partial charge in [-0.15, -0.1) is 0 Å². The maximum Gasteiger partial charge on any atom is 0.293 e. The number of methoxy groups -OCH3 is 1. The molecule has 130 valence electrons. The Morgan fingerprint density at radius 1 is 1.12 bits per heavy atom. The van der Waals surface area contributed by atoms with E-state index in [1.54, 1.807) is 18.2 Å². The SMILES string of the molecule is CCOc1ccc(/C=C2/SC(=O)N(CCOC)C2=O)cc1OCC. The number of imide groups is 1. The van der Waals surface area contributed by atoms with Crippen molar-refractivity contribution in [2.75, 3.05) is 33.5 Å². The van der Waals surface area contributed by atoms with Crippen molar-refractivity contribution >= 4 is 29.0 Å². The Kier molecular flexibility index (Phi) is 6.69. The average molecular weight is 351 g/mol. The van der Waals surface area contributed by atoms with Gasteiger partial charge in [0.1, 0.15) is 0 Å². The van der Waals surface area contributed by atoms with Gasteiger partial charge in [-0.25, -0.2) is 0 Å². The highest BCUT2D eigenvalue weighted by atomic mass is 32.2. The van der Waals surface area contributed by atoms with Gasteiger partial charge in [0.15, 0.2) is 11.5 Å². The fourth-order valence-corrected chi connectivity index (χ4v) is 3.05. The summed E-state index contributed by atoms with van der Waals surface area (Å²) in [6.45, 7) is 5.42. The summed E-state index contributed by atoms with van der Waals surface area (Å²) in [4.78, 5) is 25.8. The molecule has 1 aliphatic rings. The zero-order valence-corrected chi connectivity index (χ0v) is 14.9. The molecule has 6 nitrogen and oxygen atoms in total. The van der Waals surface area contributed by atoms with Gasteiger partial charge >= 0.3 is 0 Å². The monoisotopic (exact) mass is 351 g/mol. The van der Waals surface area contributed by atoms with Gasteiger partial charge in [0.25, 0.3) is 11.1 Å². The maximum absolute atomic E-state index is 12.3. The number of nitrogens with zero attached hydrogens (tertiary/aromatic N) is 1. The van der Waals surface area contributed by atoms with Crippen LogP contribution in [0.1, 0.15) is 19.4 Å². The van der Waals surface area contributed by atoms with Crippen LogP contribution in [0.4, 0.5) is 4.79 Å². The molecule has 0 N–H and O–H groups in total. The molecule has 7 heteroatoms. The number of ether oxygens (including phenoxy) is 3. The average Bonchev–Trinajstić information content (AvgIpc) is 2.82. The van der Waals surface area contributed by atoms with Gasteiger partial charge in [0.05, 0.1) is 31.3 Å². The Morgan fingerprint density at radius 2 is 1.83 bits per heavy atom. The molecule has 2 amide bonds. The van der Waals surface area contributed by atoms with Crippen molar-refractivity contribution in [1.82, 2.24) is 4.90 Å². The minimum absolute atomic E-state index is 0.256. The molecule has 0 bridgehead atoms. The number of benzene rings is 1. The third-order valence-corrected chi connectivity index (χ3v) is 4.17. The number of carbonyl (C=O) groups excluding carboxylic acids is 2. The highest BCUT2D eigenvalue weighted by Gasteiger charge is 2.34. The summed E-state index contributed by atoms with van der Waals surface area (Å²) in [5.74, 6) is 0.977. The molecule has 2 rings (SSSR count). The molecule has 1 saturated heterocycles. The molecule has 0 unspecified atom stereocenters. The van der Waals surface area contributed by atoms with Crippen molar-refractivity contribution in [3.05, 3.63) is 28.7 Å². The van der Waals surface area contributed by atoms with Crippen molar-refractivity contribution in [3.8, 4) is 11.5 Å². The van der Waals surface area contributed by atoms with Crippen LogP contribution in [-0.4, -0.2) is 49.5 Å². The molecule has 0 radical (unpaired) electrons. The lowest BCUT2D eigenvalue weighted by molar-refractivity contribution is -0.123. The Balaban J connectivity index is 2.23. The first-order valence-electron chi connectivity index (χ1n) is 7.74. The van der Waals surface area contributed by atoms with E-state index >= 15 is 0 Å². The van der Waals surface area contributed by atoms with E-state index in [1.807, 2.05) is 19.9 Å². The second kappa shape index (κ2) is 8.75. The van der Waals surface area contributed by atoms with Crippen LogP contribution in [0.5, 0.6) is 11.5 Å². The second-order valence-electron chi connectivity index (χ2n) is 4.90. The lowest BCUT2D eigenvalue weighted by atomic mass is 10.2. The first kappa shape index (κ1) is 18.4. The van der Waals surface area contributed by atoms with Crippen LogP contribution in [0.25, 0.3) is 6.08 Å². The molecule has 0 aliphatic carbocycles. The first-order valence-corrected chi connectivity index (χ1v) is 8.56. The summed E-state index contributed by atoms with van der Waals surface area (Å²) in [5.41, 5.74) is 0.777. The van der Waals surface area contributed by atoms with E-state index in [0.29, 0.717) is 36.2 Å². The fourth-order valence-electron chi connectivity index (χ4n) is 2.18. The first-order chi connectivity index (χ1) is 11.6. The Hall–Kier alpha value is -1.99. The van der Waals surface area contributed by atoms with Crippen LogP contribution in [0.2, 0.25) is 0 Å². The largest absolute Gasteiger partial charge is 0.490 e. The number of thioether (sulfide) groups is 1. The number of amides is 2. The predicted octanol–water partition coefficient (Wildman–Crippen LogP) is 3.17. The standard InChI is InChI=1S/C17H21NO5S/c1-4-22-13-7-6-12(10-14(13)23-5-2)11-15-16(19)18(8-9-21-3)17(20)24-15/h6-7,10-11H,4-5,8-9H2,1-3H3/b15-11+. The zero-order chi connectivity index (χ0) is 17.5. The lowest BCUT2D eigenvalue weighted by Gasteiger charge is -2.12. The number of hydrogen-bond acceptors (Lipinski definition) is 6. The molecule has 0 spiro atoms. The highest BCUT2D eigenvalue weighted by Crippen LogP contribution is 2.34. The van der Waals surface area contributed by atoms with Crippen LogP contribution in [0.15, 0.2) is 23.1 Å². The van der Waals surface area contributed by atoms with E-state index < -0.39 is 0 Å². The Bertz CT molecular complexity index is 644. The summed E-state index contributed by atoms with van der Waals surface area (Å²) in [6.07, 6.45) is 1.69. The van der Waals surface area contributed by atoms with Crippen LogP contribution in [0.3, 0.4) is 0 Å². The van der Waals surface area contributed by atoms with Crippen LogP contribution >= 0.6 is 11.8 Å². The molecule has 1 fully saturated rings. The molecule has 1 heterocycles. The van der Waals surface area contributed by atoms with Crippen molar-refractivity contribution in [2.45, 2.75) is 13.8 Å². The molecule has 1 aromatic rings. The summed E-state index contributed by atoms with van der Waals surface area (Å²) in [5, 5.41) is -0.278. The Morgan fingerprint density at radius 3 is 2.50 bits per heavy atom.